The highest BCUT2D eigenvalue weighted by Crippen LogP contribution is 2.22. The number of hydrogen-bond acceptors (Lipinski definition) is 6. The number of rotatable bonds is 4. The first-order valence-electron chi connectivity index (χ1n) is 6.22. The van der Waals surface area contributed by atoms with Crippen LogP contribution in [0.3, 0.4) is 0 Å². The molecule has 3 aromatic heterocycles. The lowest BCUT2D eigenvalue weighted by Crippen LogP contribution is -2.24. The van der Waals surface area contributed by atoms with Crippen LogP contribution in [0.4, 0.5) is 0 Å². The number of carbonyl (C=O) groups excluding carboxylic acids is 1. The Morgan fingerprint density at radius 2 is 2.00 bits per heavy atom. The van der Waals surface area contributed by atoms with Crippen molar-refractivity contribution in [2.24, 2.45) is 0 Å². The van der Waals surface area contributed by atoms with Crippen LogP contribution in [0, 0.1) is 0 Å². The molecule has 21 heavy (non-hydrogen) atoms. The van der Waals surface area contributed by atoms with E-state index in [0.29, 0.717) is 12.2 Å². The third kappa shape index (κ3) is 3.26. The van der Waals surface area contributed by atoms with Gasteiger partial charge < -0.3 is 5.32 Å². The molecule has 0 saturated heterocycles. The van der Waals surface area contributed by atoms with E-state index in [0.717, 1.165) is 16.3 Å². The Labute approximate surface area is 125 Å². The minimum Gasteiger partial charge on any atom is -0.345 e. The summed E-state index contributed by atoms with van der Waals surface area (Å²) in [6.07, 6.45) is 7.90. The first kappa shape index (κ1) is 13.3. The SMILES string of the molecule is O=C(NCc1csc(-c2ccncc2)n1)c1cnccn1. The van der Waals surface area contributed by atoms with Crippen molar-refractivity contribution in [3.8, 4) is 10.6 Å². The topological polar surface area (TPSA) is 80.7 Å². The molecule has 0 aliphatic carbocycles. The Kier molecular flexibility index (Phi) is 3.92. The van der Waals surface area contributed by atoms with Gasteiger partial charge in [0, 0.05) is 35.7 Å². The molecule has 104 valence electrons. The first-order valence-corrected chi connectivity index (χ1v) is 7.10. The van der Waals surface area contributed by atoms with Gasteiger partial charge in [-0.2, -0.15) is 0 Å². The minimum atomic E-state index is -0.262. The van der Waals surface area contributed by atoms with Crippen LogP contribution in [0.2, 0.25) is 0 Å². The number of hydrogen-bond donors (Lipinski definition) is 1. The summed E-state index contributed by atoms with van der Waals surface area (Å²) in [5.74, 6) is -0.262. The molecule has 0 unspecified atom stereocenters. The van der Waals surface area contributed by atoms with Crippen LogP contribution in [-0.2, 0) is 6.54 Å². The van der Waals surface area contributed by atoms with Gasteiger partial charge in [-0.15, -0.1) is 11.3 Å². The fourth-order valence-electron chi connectivity index (χ4n) is 1.69. The van der Waals surface area contributed by atoms with Crippen molar-refractivity contribution in [2.75, 3.05) is 0 Å². The summed E-state index contributed by atoms with van der Waals surface area (Å²) in [5.41, 5.74) is 2.12. The van der Waals surface area contributed by atoms with E-state index in [1.54, 1.807) is 12.4 Å². The molecule has 3 heterocycles. The number of thiazole rings is 1. The van der Waals surface area contributed by atoms with E-state index >= 15 is 0 Å². The maximum absolute atomic E-state index is 11.8. The number of aromatic nitrogens is 4. The predicted molar refractivity (Wildman–Crippen MR) is 78.5 cm³/mol. The molecule has 0 radical (unpaired) electrons. The van der Waals surface area contributed by atoms with Gasteiger partial charge in [-0.05, 0) is 12.1 Å². The van der Waals surface area contributed by atoms with Crippen molar-refractivity contribution in [1.29, 1.82) is 0 Å². The van der Waals surface area contributed by atoms with Gasteiger partial charge in [-0.25, -0.2) is 9.97 Å². The normalized spacial score (nSPS) is 10.3. The highest BCUT2D eigenvalue weighted by Gasteiger charge is 2.08. The van der Waals surface area contributed by atoms with Gasteiger partial charge in [0.2, 0.25) is 0 Å². The minimum absolute atomic E-state index is 0.262. The summed E-state index contributed by atoms with van der Waals surface area (Å²) >= 11 is 1.53. The fraction of sp³-hybridized carbons (Fsp3) is 0.0714. The van der Waals surface area contributed by atoms with Crippen LogP contribution < -0.4 is 5.32 Å². The van der Waals surface area contributed by atoms with E-state index in [2.05, 4.69) is 25.3 Å². The second-order valence-corrected chi connectivity index (χ2v) is 5.01. The zero-order chi connectivity index (χ0) is 14.5. The average Bonchev–Trinajstić information content (AvgIpc) is 3.03. The van der Waals surface area contributed by atoms with Crippen LogP contribution in [0.15, 0.2) is 48.5 Å². The Morgan fingerprint density at radius 1 is 1.14 bits per heavy atom. The number of amides is 1. The Bertz CT molecular complexity index is 729. The molecule has 0 spiro atoms. The van der Waals surface area contributed by atoms with E-state index in [9.17, 15) is 4.79 Å². The van der Waals surface area contributed by atoms with E-state index in [1.165, 1.54) is 29.9 Å². The molecule has 6 nitrogen and oxygen atoms in total. The smallest absolute Gasteiger partial charge is 0.271 e. The molecule has 0 bridgehead atoms. The highest BCUT2D eigenvalue weighted by atomic mass is 32.1. The van der Waals surface area contributed by atoms with Gasteiger partial charge in [-0.3, -0.25) is 14.8 Å². The van der Waals surface area contributed by atoms with Gasteiger partial charge >= 0.3 is 0 Å². The van der Waals surface area contributed by atoms with Crippen molar-refractivity contribution >= 4 is 17.2 Å². The molecule has 0 aliphatic heterocycles. The van der Waals surface area contributed by atoms with Crippen molar-refractivity contribution < 1.29 is 4.79 Å². The maximum Gasteiger partial charge on any atom is 0.271 e. The number of nitrogens with zero attached hydrogens (tertiary/aromatic N) is 4. The van der Waals surface area contributed by atoms with Crippen LogP contribution in [0.25, 0.3) is 10.6 Å². The first-order chi connectivity index (χ1) is 10.3. The molecule has 1 amide bonds. The zero-order valence-electron chi connectivity index (χ0n) is 10.9. The molecule has 7 heteroatoms. The lowest BCUT2D eigenvalue weighted by molar-refractivity contribution is 0.0945. The standard InChI is InChI=1S/C14H11N5OS/c20-13(12-8-16-5-6-17-12)18-7-11-9-21-14(19-11)10-1-3-15-4-2-10/h1-6,8-9H,7H2,(H,18,20). The predicted octanol–water partition coefficient (Wildman–Crippen LogP) is 1.93. The fourth-order valence-corrected chi connectivity index (χ4v) is 2.52. The second-order valence-electron chi connectivity index (χ2n) is 4.15. The van der Waals surface area contributed by atoms with Crippen LogP contribution in [-0.4, -0.2) is 25.8 Å². The monoisotopic (exact) mass is 297 g/mol. The second kappa shape index (κ2) is 6.19. The van der Waals surface area contributed by atoms with Gasteiger partial charge in [-0.1, -0.05) is 0 Å². The molecule has 1 N–H and O–H groups in total. The van der Waals surface area contributed by atoms with Gasteiger partial charge in [0.25, 0.3) is 5.91 Å². The Balaban J connectivity index is 1.64. The highest BCUT2D eigenvalue weighted by molar-refractivity contribution is 7.13. The summed E-state index contributed by atoms with van der Waals surface area (Å²) in [6, 6.07) is 3.81. The van der Waals surface area contributed by atoms with Gasteiger partial charge in [0.05, 0.1) is 18.4 Å². The Morgan fingerprint density at radius 3 is 2.76 bits per heavy atom. The molecule has 0 aliphatic rings. The van der Waals surface area contributed by atoms with Crippen LogP contribution in [0.5, 0.6) is 0 Å². The van der Waals surface area contributed by atoms with E-state index in [4.69, 9.17) is 0 Å². The third-order valence-electron chi connectivity index (χ3n) is 2.70. The van der Waals surface area contributed by atoms with Crippen molar-refractivity contribution in [1.82, 2.24) is 25.3 Å². The summed E-state index contributed by atoms with van der Waals surface area (Å²) in [4.78, 5) is 28.1. The molecular weight excluding hydrogens is 286 g/mol. The van der Waals surface area contributed by atoms with Crippen LogP contribution in [0.1, 0.15) is 16.2 Å². The average molecular weight is 297 g/mol. The molecule has 3 rings (SSSR count). The van der Waals surface area contributed by atoms with Crippen molar-refractivity contribution in [3.05, 3.63) is 59.9 Å². The quantitative estimate of drug-likeness (QED) is 0.795. The maximum atomic E-state index is 11.8. The summed E-state index contributed by atoms with van der Waals surface area (Å²) in [5, 5.41) is 5.60. The summed E-state index contributed by atoms with van der Waals surface area (Å²) in [6.45, 7) is 0.358. The van der Waals surface area contributed by atoms with E-state index < -0.39 is 0 Å². The molecule has 3 aromatic rings. The van der Waals surface area contributed by atoms with Gasteiger partial charge in [0.1, 0.15) is 10.7 Å². The van der Waals surface area contributed by atoms with Gasteiger partial charge in [0.15, 0.2) is 0 Å². The summed E-state index contributed by atoms with van der Waals surface area (Å²) < 4.78 is 0. The van der Waals surface area contributed by atoms with Crippen LogP contribution >= 0.6 is 11.3 Å². The van der Waals surface area contributed by atoms with E-state index in [1.807, 2.05) is 17.5 Å². The largest absolute Gasteiger partial charge is 0.345 e. The molecular formula is C14H11N5OS. The molecule has 0 fully saturated rings. The molecule has 0 saturated carbocycles. The van der Waals surface area contributed by atoms with E-state index in [-0.39, 0.29) is 5.91 Å². The third-order valence-corrected chi connectivity index (χ3v) is 3.65. The molecule has 0 atom stereocenters. The number of carbonyl (C=O) groups is 1. The summed E-state index contributed by atoms with van der Waals surface area (Å²) in [7, 11) is 0. The van der Waals surface area contributed by atoms with Crippen molar-refractivity contribution in [3.63, 3.8) is 0 Å². The number of pyridine rings is 1. The number of nitrogens with one attached hydrogen (secondary N) is 1. The lowest BCUT2D eigenvalue weighted by atomic mass is 10.3. The zero-order valence-corrected chi connectivity index (χ0v) is 11.7. The lowest BCUT2D eigenvalue weighted by Gasteiger charge is -2.01. The molecule has 0 aromatic carbocycles. The van der Waals surface area contributed by atoms with Crippen molar-refractivity contribution in [2.45, 2.75) is 6.54 Å². The Hall–Kier alpha value is -2.67.